The van der Waals surface area contributed by atoms with Crippen LogP contribution < -0.4 is 4.80 Å². The van der Waals surface area contributed by atoms with E-state index in [4.69, 9.17) is 0 Å². The van der Waals surface area contributed by atoms with Gasteiger partial charge in [-0.25, -0.2) is 8.42 Å². The van der Waals surface area contributed by atoms with E-state index in [9.17, 15) is 13.2 Å². The van der Waals surface area contributed by atoms with E-state index in [1.54, 1.807) is 18.2 Å². The highest BCUT2D eigenvalue weighted by Gasteiger charge is 2.10. The number of rotatable bonds is 5. The Labute approximate surface area is 162 Å². The summed E-state index contributed by atoms with van der Waals surface area (Å²) in [7, 11) is -3.25. The molecule has 0 spiro atoms. The quantitative estimate of drug-likeness (QED) is 0.617. The number of sulfone groups is 1. The molecule has 3 aromatic rings. The molecule has 0 radical (unpaired) electrons. The first kappa shape index (κ1) is 19.3. The van der Waals surface area contributed by atoms with Gasteiger partial charge in [0, 0.05) is 12.8 Å². The maximum atomic E-state index is 12.4. The average molecular weight is 401 g/mol. The van der Waals surface area contributed by atoms with Crippen LogP contribution in [0, 0.1) is 6.92 Å². The molecular formula is C20H20N2O3S2. The van der Waals surface area contributed by atoms with E-state index in [1.165, 1.54) is 23.5 Å². The van der Waals surface area contributed by atoms with Crippen molar-refractivity contribution in [1.29, 1.82) is 0 Å². The molecule has 0 N–H and O–H groups in total. The second-order valence-corrected chi connectivity index (χ2v) is 9.38. The third-order valence-electron chi connectivity index (χ3n) is 4.08. The van der Waals surface area contributed by atoms with E-state index in [0.29, 0.717) is 11.3 Å². The Hall–Kier alpha value is -2.51. The lowest BCUT2D eigenvalue weighted by atomic mass is 10.1. The van der Waals surface area contributed by atoms with E-state index in [1.807, 2.05) is 23.6 Å². The first-order chi connectivity index (χ1) is 12.8. The molecule has 0 unspecified atom stereocenters. The van der Waals surface area contributed by atoms with Gasteiger partial charge in [-0.15, -0.1) is 6.58 Å². The number of thiazole rings is 1. The molecule has 0 saturated carbocycles. The van der Waals surface area contributed by atoms with Gasteiger partial charge in [0.1, 0.15) is 0 Å². The second-order valence-electron chi connectivity index (χ2n) is 6.35. The highest BCUT2D eigenvalue weighted by molar-refractivity contribution is 7.90. The molecule has 1 aromatic heterocycles. The molecular weight excluding hydrogens is 380 g/mol. The number of aromatic nitrogens is 1. The zero-order valence-corrected chi connectivity index (χ0v) is 16.8. The lowest BCUT2D eigenvalue weighted by Crippen LogP contribution is -2.16. The van der Waals surface area contributed by atoms with Gasteiger partial charge in [-0.2, -0.15) is 4.99 Å². The number of fused-ring (bicyclic) bond motifs is 1. The minimum Gasteiger partial charge on any atom is -0.313 e. The van der Waals surface area contributed by atoms with Gasteiger partial charge in [-0.1, -0.05) is 35.6 Å². The number of nitrogens with zero attached hydrogens (tertiary/aromatic N) is 2. The Bertz CT molecular complexity index is 1180. The van der Waals surface area contributed by atoms with Crippen LogP contribution in [0.2, 0.25) is 0 Å². The molecule has 2 aromatic carbocycles. The van der Waals surface area contributed by atoms with Gasteiger partial charge in [0.25, 0.3) is 5.91 Å². The standard InChI is InChI=1S/C20H20N2O3S2/c1-4-11-22-17-10-5-14(2)12-18(17)26-20(22)21-19(23)13-15-6-8-16(9-7-15)27(3,24)25/h4-10,12H,1,11,13H2,2-3H3. The fraction of sp³-hybridized carbons (Fsp3) is 0.200. The molecule has 140 valence electrons. The van der Waals surface area contributed by atoms with Gasteiger partial charge in [-0.05, 0) is 42.3 Å². The average Bonchev–Trinajstić information content (AvgIpc) is 2.91. The number of hydrogen-bond acceptors (Lipinski definition) is 4. The Kier molecular flexibility index (Phi) is 5.43. The minimum absolute atomic E-state index is 0.116. The van der Waals surface area contributed by atoms with Gasteiger partial charge in [0.2, 0.25) is 0 Å². The highest BCUT2D eigenvalue weighted by Crippen LogP contribution is 2.19. The van der Waals surface area contributed by atoms with Crippen LogP contribution in [0.3, 0.4) is 0 Å². The number of allylic oxidation sites excluding steroid dienone is 1. The largest absolute Gasteiger partial charge is 0.313 e. The van der Waals surface area contributed by atoms with Crippen LogP contribution in [0.1, 0.15) is 11.1 Å². The van der Waals surface area contributed by atoms with Crippen molar-refractivity contribution >= 4 is 37.3 Å². The van der Waals surface area contributed by atoms with Crippen molar-refractivity contribution in [2.75, 3.05) is 6.26 Å². The van der Waals surface area contributed by atoms with Crippen LogP contribution in [0.5, 0.6) is 0 Å². The molecule has 7 heteroatoms. The number of aryl methyl sites for hydroxylation is 1. The fourth-order valence-corrected chi connectivity index (χ4v) is 4.53. The van der Waals surface area contributed by atoms with Crippen molar-refractivity contribution in [1.82, 2.24) is 4.57 Å². The Balaban J connectivity index is 1.93. The third-order valence-corrected chi connectivity index (χ3v) is 6.25. The predicted molar refractivity (Wildman–Crippen MR) is 109 cm³/mol. The smallest absolute Gasteiger partial charge is 0.252 e. The van der Waals surface area contributed by atoms with Gasteiger partial charge in [-0.3, -0.25) is 4.79 Å². The topological polar surface area (TPSA) is 68.5 Å². The highest BCUT2D eigenvalue weighted by atomic mass is 32.2. The van der Waals surface area contributed by atoms with Gasteiger partial charge < -0.3 is 4.57 Å². The molecule has 5 nitrogen and oxygen atoms in total. The van der Waals surface area contributed by atoms with E-state index in [0.717, 1.165) is 27.6 Å². The number of carbonyl (C=O) groups is 1. The van der Waals surface area contributed by atoms with E-state index < -0.39 is 9.84 Å². The molecule has 1 amide bonds. The van der Waals surface area contributed by atoms with E-state index in [2.05, 4.69) is 17.6 Å². The summed E-state index contributed by atoms with van der Waals surface area (Å²) in [4.78, 5) is 17.6. The lowest BCUT2D eigenvalue weighted by molar-refractivity contribution is -0.117. The Morgan fingerprint density at radius 3 is 2.56 bits per heavy atom. The van der Waals surface area contributed by atoms with E-state index >= 15 is 0 Å². The first-order valence-electron chi connectivity index (χ1n) is 8.35. The molecule has 27 heavy (non-hydrogen) atoms. The SMILES string of the molecule is C=CCn1c(=NC(=O)Cc2ccc(S(C)(=O)=O)cc2)sc2cc(C)ccc21. The van der Waals surface area contributed by atoms with Crippen LogP contribution in [0.15, 0.2) is 65.0 Å². The summed E-state index contributed by atoms with van der Waals surface area (Å²) < 4.78 is 26.1. The maximum Gasteiger partial charge on any atom is 0.252 e. The summed E-state index contributed by atoms with van der Waals surface area (Å²) >= 11 is 1.47. The van der Waals surface area contributed by atoms with Gasteiger partial charge in [0.05, 0.1) is 21.5 Å². The van der Waals surface area contributed by atoms with Crippen molar-refractivity contribution in [3.63, 3.8) is 0 Å². The van der Waals surface area contributed by atoms with Crippen LogP contribution in [0.4, 0.5) is 0 Å². The van der Waals surface area contributed by atoms with Crippen LogP contribution >= 0.6 is 11.3 Å². The summed E-state index contributed by atoms with van der Waals surface area (Å²) in [5.41, 5.74) is 2.90. The zero-order chi connectivity index (χ0) is 19.6. The van der Waals surface area contributed by atoms with Crippen molar-refractivity contribution in [3.05, 3.63) is 71.0 Å². The van der Waals surface area contributed by atoms with E-state index in [-0.39, 0.29) is 17.2 Å². The van der Waals surface area contributed by atoms with Crippen molar-refractivity contribution < 1.29 is 13.2 Å². The minimum atomic E-state index is -3.25. The molecule has 0 aliphatic carbocycles. The lowest BCUT2D eigenvalue weighted by Gasteiger charge is -2.02. The molecule has 0 bridgehead atoms. The summed E-state index contributed by atoms with van der Waals surface area (Å²) in [5.74, 6) is -0.275. The monoisotopic (exact) mass is 400 g/mol. The summed E-state index contributed by atoms with van der Waals surface area (Å²) in [6.07, 6.45) is 3.05. The predicted octanol–water partition coefficient (Wildman–Crippen LogP) is 3.27. The summed E-state index contributed by atoms with van der Waals surface area (Å²) in [5, 5.41) is 0. The Morgan fingerprint density at radius 1 is 1.22 bits per heavy atom. The third kappa shape index (κ3) is 4.43. The van der Waals surface area contributed by atoms with Crippen molar-refractivity contribution in [2.45, 2.75) is 24.8 Å². The van der Waals surface area contributed by atoms with Crippen LogP contribution in [-0.2, 0) is 27.6 Å². The molecule has 0 atom stereocenters. The van der Waals surface area contributed by atoms with Crippen LogP contribution in [-0.4, -0.2) is 25.1 Å². The second kappa shape index (κ2) is 7.62. The Morgan fingerprint density at radius 2 is 1.93 bits per heavy atom. The van der Waals surface area contributed by atoms with Crippen LogP contribution in [0.25, 0.3) is 10.2 Å². The number of benzene rings is 2. The first-order valence-corrected chi connectivity index (χ1v) is 11.1. The molecule has 0 aliphatic heterocycles. The summed E-state index contributed by atoms with van der Waals surface area (Å²) in [6, 6.07) is 12.5. The van der Waals surface area contributed by atoms with Crippen molar-refractivity contribution in [3.8, 4) is 0 Å². The maximum absolute atomic E-state index is 12.4. The van der Waals surface area contributed by atoms with Gasteiger partial charge >= 0.3 is 0 Å². The van der Waals surface area contributed by atoms with Gasteiger partial charge in [0.15, 0.2) is 14.6 Å². The fourth-order valence-electron chi connectivity index (χ4n) is 2.75. The zero-order valence-electron chi connectivity index (χ0n) is 15.2. The normalized spacial score (nSPS) is 12.4. The number of amides is 1. The molecule has 3 rings (SSSR count). The molecule has 0 aliphatic rings. The number of hydrogen-bond donors (Lipinski definition) is 0. The molecule has 0 fully saturated rings. The molecule has 1 heterocycles. The van der Waals surface area contributed by atoms with Crippen molar-refractivity contribution in [2.24, 2.45) is 4.99 Å². The molecule has 0 saturated heterocycles. The summed E-state index contributed by atoms with van der Waals surface area (Å²) in [6.45, 7) is 6.38. The number of carbonyl (C=O) groups excluding carboxylic acids is 1.